The Morgan fingerprint density at radius 1 is 1.47 bits per heavy atom. The zero-order chi connectivity index (χ0) is 12.3. The van der Waals surface area contributed by atoms with Crippen LogP contribution in [0.25, 0.3) is 0 Å². The zero-order valence-corrected chi connectivity index (χ0v) is 11.1. The Hall–Kier alpha value is -0.710. The second-order valence-electron chi connectivity index (χ2n) is 4.96. The first kappa shape index (κ1) is 12.7. The summed E-state index contributed by atoms with van der Waals surface area (Å²) in [5.41, 5.74) is 0. The lowest BCUT2D eigenvalue weighted by molar-refractivity contribution is -0.126. The summed E-state index contributed by atoms with van der Waals surface area (Å²) in [7, 11) is 1.78. The minimum absolute atomic E-state index is 0.0178. The van der Waals surface area contributed by atoms with Crippen molar-refractivity contribution in [2.24, 2.45) is 0 Å². The summed E-state index contributed by atoms with van der Waals surface area (Å²) in [5.74, 6) is 0.743. The Morgan fingerprint density at radius 3 is 2.76 bits per heavy atom. The highest BCUT2D eigenvalue weighted by molar-refractivity contribution is 8.00. The monoisotopic (exact) mass is 256 g/mol. The van der Waals surface area contributed by atoms with Gasteiger partial charge in [0.25, 0.3) is 0 Å². The molecule has 1 saturated carbocycles. The number of amides is 2. The minimum Gasteiger partial charge on any atom is -0.350 e. The van der Waals surface area contributed by atoms with Crippen LogP contribution >= 0.6 is 11.8 Å². The molecule has 0 aromatic carbocycles. The lowest BCUT2D eigenvalue weighted by atomic mass is 10.2. The average molecular weight is 256 g/mol. The van der Waals surface area contributed by atoms with Crippen LogP contribution < -0.4 is 5.32 Å². The van der Waals surface area contributed by atoms with Gasteiger partial charge in [-0.1, -0.05) is 12.8 Å². The fraction of sp³-hybridized carbons (Fsp3) is 0.833. The average Bonchev–Trinajstić information content (AvgIpc) is 2.87. The number of hydrogen-bond donors (Lipinski definition) is 1. The molecule has 17 heavy (non-hydrogen) atoms. The van der Waals surface area contributed by atoms with Crippen LogP contribution in [-0.4, -0.2) is 47.4 Å². The van der Waals surface area contributed by atoms with E-state index in [1.807, 2.05) is 0 Å². The molecule has 1 aliphatic heterocycles. The van der Waals surface area contributed by atoms with Gasteiger partial charge in [0.15, 0.2) is 0 Å². The molecule has 0 bridgehead atoms. The van der Waals surface area contributed by atoms with Gasteiger partial charge in [-0.25, -0.2) is 0 Å². The molecule has 0 aromatic heterocycles. The van der Waals surface area contributed by atoms with Crippen molar-refractivity contribution < 1.29 is 9.59 Å². The van der Waals surface area contributed by atoms with Gasteiger partial charge < -0.3 is 10.2 Å². The number of likely N-dealkylation sites (tertiary alicyclic amines) is 1. The standard InChI is InChI=1S/C12H20N2O2S/c1-14-7-9(6-12(14)16)13-11(15)8-17-10-4-2-3-5-10/h9-10H,2-8H2,1H3,(H,13,15). The molecule has 1 unspecified atom stereocenters. The van der Waals surface area contributed by atoms with E-state index >= 15 is 0 Å². The van der Waals surface area contributed by atoms with Gasteiger partial charge in [-0.3, -0.25) is 9.59 Å². The maximum absolute atomic E-state index is 11.7. The Morgan fingerprint density at radius 2 is 2.18 bits per heavy atom. The van der Waals surface area contributed by atoms with E-state index in [-0.39, 0.29) is 17.9 Å². The minimum atomic E-state index is 0.0178. The normalized spacial score (nSPS) is 25.6. The summed E-state index contributed by atoms with van der Waals surface area (Å²) in [6.45, 7) is 0.651. The van der Waals surface area contributed by atoms with Crippen LogP contribution in [0.2, 0.25) is 0 Å². The second kappa shape index (κ2) is 5.76. The molecule has 1 aliphatic carbocycles. The van der Waals surface area contributed by atoms with Crippen molar-refractivity contribution in [3.63, 3.8) is 0 Å². The summed E-state index contributed by atoms with van der Waals surface area (Å²) in [6.07, 6.45) is 5.57. The van der Waals surface area contributed by atoms with Crippen LogP contribution in [0.1, 0.15) is 32.1 Å². The highest BCUT2D eigenvalue weighted by Crippen LogP contribution is 2.29. The molecule has 0 spiro atoms. The van der Waals surface area contributed by atoms with Crippen molar-refractivity contribution in [3.8, 4) is 0 Å². The van der Waals surface area contributed by atoms with Crippen molar-refractivity contribution >= 4 is 23.6 Å². The molecule has 4 nitrogen and oxygen atoms in total. The lowest BCUT2D eigenvalue weighted by Crippen LogP contribution is -2.37. The molecule has 2 amide bonds. The summed E-state index contributed by atoms with van der Waals surface area (Å²) in [5, 5.41) is 3.62. The van der Waals surface area contributed by atoms with E-state index in [1.165, 1.54) is 25.7 Å². The summed E-state index contributed by atoms with van der Waals surface area (Å²) in [4.78, 5) is 24.7. The number of thioether (sulfide) groups is 1. The molecule has 2 rings (SSSR count). The molecule has 1 atom stereocenters. The third-order valence-corrected chi connectivity index (χ3v) is 4.83. The molecule has 1 saturated heterocycles. The van der Waals surface area contributed by atoms with E-state index in [1.54, 1.807) is 23.7 Å². The van der Waals surface area contributed by atoms with Crippen LogP contribution in [-0.2, 0) is 9.59 Å². The first-order valence-electron chi connectivity index (χ1n) is 6.30. The van der Waals surface area contributed by atoms with Crippen molar-refractivity contribution in [1.29, 1.82) is 0 Å². The van der Waals surface area contributed by atoms with Crippen molar-refractivity contribution in [2.75, 3.05) is 19.3 Å². The smallest absolute Gasteiger partial charge is 0.230 e. The van der Waals surface area contributed by atoms with Crippen molar-refractivity contribution in [3.05, 3.63) is 0 Å². The Labute approximate surface area is 106 Å². The molecule has 2 fully saturated rings. The quantitative estimate of drug-likeness (QED) is 0.816. The van der Waals surface area contributed by atoms with Gasteiger partial charge >= 0.3 is 0 Å². The van der Waals surface area contributed by atoms with E-state index < -0.39 is 0 Å². The SMILES string of the molecule is CN1CC(NC(=O)CSC2CCCC2)CC1=O. The van der Waals surface area contributed by atoms with Gasteiger partial charge in [-0.15, -0.1) is 11.8 Å². The third kappa shape index (κ3) is 3.63. The molecular weight excluding hydrogens is 236 g/mol. The Kier molecular flexibility index (Phi) is 4.31. The lowest BCUT2D eigenvalue weighted by Gasteiger charge is -2.13. The van der Waals surface area contributed by atoms with Gasteiger partial charge in [0.1, 0.15) is 0 Å². The van der Waals surface area contributed by atoms with E-state index in [9.17, 15) is 9.59 Å². The van der Waals surface area contributed by atoms with Gasteiger partial charge in [0.2, 0.25) is 11.8 Å². The number of nitrogens with one attached hydrogen (secondary N) is 1. The molecular formula is C12H20N2O2S. The Bertz CT molecular complexity index is 303. The van der Waals surface area contributed by atoms with Crippen LogP contribution in [0.5, 0.6) is 0 Å². The predicted molar refractivity (Wildman–Crippen MR) is 68.9 cm³/mol. The molecule has 96 valence electrons. The maximum Gasteiger partial charge on any atom is 0.230 e. The molecule has 0 radical (unpaired) electrons. The third-order valence-electron chi connectivity index (χ3n) is 3.46. The van der Waals surface area contributed by atoms with Gasteiger partial charge in [-0.2, -0.15) is 0 Å². The van der Waals surface area contributed by atoms with E-state index in [0.717, 1.165) is 0 Å². The maximum atomic E-state index is 11.7. The number of rotatable bonds is 4. The van der Waals surface area contributed by atoms with E-state index in [0.29, 0.717) is 24.0 Å². The number of hydrogen-bond acceptors (Lipinski definition) is 3. The van der Waals surface area contributed by atoms with Crippen molar-refractivity contribution in [1.82, 2.24) is 10.2 Å². The van der Waals surface area contributed by atoms with Crippen LogP contribution in [0.15, 0.2) is 0 Å². The van der Waals surface area contributed by atoms with Gasteiger partial charge in [0.05, 0.1) is 11.8 Å². The number of nitrogens with zero attached hydrogens (tertiary/aromatic N) is 1. The highest BCUT2D eigenvalue weighted by Gasteiger charge is 2.28. The van der Waals surface area contributed by atoms with Crippen LogP contribution in [0.3, 0.4) is 0 Å². The van der Waals surface area contributed by atoms with Crippen molar-refractivity contribution in [2.45, 2.75) is 43.4 Å². The second-order valence-corrected chi connectivity index (χ2v) is 6.25. The molecule has 2 aliphatic rings. The van der Waals surface area contributed by atoms with E-state index in [4.69, 9.17) is 0 Å². The number of carbonyl (C=O) groups is 2. The van der Waals surface area contributed by atoms with Gasteiger partial charge in [0, 0.05) is 25.3 Å². The van der Waals surface area contributed by atoms with E-state index in [2.05, 4.69) is 5.32 Å². The largest absolute Gasteiger partial charge is 0.350 e. The molecule has 0 aromatic rings. The predicted octanol–water partition coefficient (Wildman–Crippen LogP) is 1.01. The first-order chi connectivity index (χ1) is 8.15. The molecule has 1 N–H and O–H groups in total. The fourth-order valence-electron chi connectivity index (χ4n) is 2.48. The zero-order valence-electron chi connectivity index (χ0n) is 10.3. The van der Waals surface area contributed by atoms with Gasteiger partial charge in [-0.05, 0) is 12.8 Å². The first-order valence-corrected chi connectivity index (χ1v) is 7.35. The molecule has 5 heteroatoms. The fourth-order valence-corrected chi connectivity index (χ4v) is 3.62. The highest BCUT2D eigenvalue weighted by atomic mass is 32.2. The number of likely N-dealkylation sites (N-methyl/N-ethyl adjacent to an activating group) is 1. The molecule has 1 heterocycles. The summed E-state index contributed by atoms with van der Waals surface area (Å²) >= 11 is 1.77. The Balaban J connectivity index is 1.65. The van der Waals surface area contributed by atoms with Crippen LogP contribution in [0, 0.1) is 0 Å². The number of carbonyl (C=O) groups excluding carboxylic acids is 2. The summed E-state index contributed by atoms with van der Waals surface area (Å²) in [6, 6.07) is 0.0178. The topological polar surface area (TPSA) is 49.4 Å². The summed E-state index contributed by atoms with van der Waals surface area (Å²) < 4.78 is 0. The van der Waals surface area contributed by atoms with Crippen LogP contribution in [0.4, 0.5) is 0 Å².